The number of carboxylic acid groups (broad SMARTS) is 1. The van der Waals surface area contributed by atoms with E-state index in [-0.39, 0.29) is 11.8 Å². The Bertz CT molecular complexity index is 619. The predicted molar refractivity (Wildman–Crippen MR) is 79.6 cm³/mol. The van der Waals surface area contributed by atoms with E-state index in [0.29, 0.717) is 0 Å². The molecule has 0 aromatic carbocycles. The Morgan fingerprint density at radius 1 is 1.24 bits per heavy atom. The Hall–Kier alpha value is -2.77. The normalized spacial score (nSPS) is 15.7. The van der Waals surface area contributed by atoms with Crippen LogP contribution >= 0.6 is 0 Å². The van der Waals surface area contributed by atoms with Gasteiger partial charge < -0.3 is 41.8 Å². The van der Waals surface area contributed by atoms with Crippen molar-refractivity contribution in [2.75, 3.05) is 6.61 Å². The largest absolute Gasteiger partial charge is 0.480 e. The third kappa shape index (κ3) is 5.98. The molecule has 140 valence electrons. The Balaban J connectivity index is 2.89. The second kappa shape index (κ2) is 8.91. The Kier molecular flexibility index (Phi) is 7.22. The topological polar surface area (TPSA) is 227 Å². The van der Waals surface area contributed by atoms with Crippen LogP contribution in [0.15, 0.2) is 4.42 Å². The summed E-state index contributed by atoms with van der Waals surface area (Å²) in [5.41, 5.74) is 10.7. The van der Waals surface area contributed by atoms with Crippen molar-refractivity contribution in [1.29, 1.82) is 0 Å². The molecule has 3 amide bonds. The molecule has 1 rings (SSSR count). The molecule has 0 saturated carbocycles. The summed E-state index contributed by atoms with van der Waals surface area (Å²) in [4.78, 5) is 33.8. The van der Waals surface area contributed by atoms with E-state index in [4.69, 9.17) is 26.1 Å². The quantitative estimate of drug-likeness (QED) is 0.238. The molecular formula is C12H20N6O7. The molecule has 13 heteroatoms. The van der Waals surface area contributed by atoms with E-state index in [9.17, 15) is 19.5 Å². The van der Waals surface area contributed by atoms with Crippen molar-refractivity contribution in [3.63, 3.8) is 0 Å². The Morgan fingerprint density at radius 2 is 1.84 bits per heavy atom. The monoisotopic (exact) mass is 360 g/mol. The van der Waals surface area contributed by atoms with Crippen LogP contribution in [-0.4, -0.2) is 62.2 Å². The summed E-state index contributed by atoms with van der Waals surface area (Å²) in [6.45, 7) is 0.569. The number of aliphatic carboxylic acids is 1. The highest BCUT2D eigenvalue weighted by Gasteiger charge is 2.27. The van der Waals surface area contributed by atoms with Gasteiger partial charge in [0.1, 0.15) is 12.1 Å². The average Bonchev–Trinajstić information content (AvgIpc) is 3.00. The molecule has 2 unspecified atom stereocenters. The second-order valence-corrected chi connectivity index (χ2v) is 5.16. The van der Waals surface area contributed by atoms with Gasteiger partial charge in [-0.1, -0.05) is 0 Å². The molecular weight excluding hydrogens is 340 g/mol. The molecule has 4 atom stereocenters. The SMILES string of the molecule is CC(O)C(N)c1nnc([C@H](CC(N)=O)NC(=O)N[C@@H](CO)C(=O)O)o1. The van der Waals surface area contributed by atoms with Crippen molar-refractivity contribution < 1.29 is 34.1 Å². The summed E-state index contributed by atoms with van der Waals surface area (Å²) in [6, 6.07) is -4.69. The second-order valence-electron chi connectivity index (χ2n) is 5.16. The highest BCUT2D eigenvalue weighted by atomic mass is 16.4. The molecule has 1 aromatic heterocycles. The number of hydrogen-bond acceptors (Lipinski definition) is 9. The Labute approximate surface area is 141 Å². The summed E-state index contributed by atoms with van der Waals surface area (Å²) in [5.74, 6) is -2.59. The van der Waals surface area contributed by atoms with Crippen LogP contribution < -0.4 is 22.1 Å². The van der Waals surface area contributed by atoms with Crippen LogP contribution in [0.3, 0.4) is 0 Å². The van der Waals surface area contributed by atoms with Gasteiger partial charge in [0.25, 0.3) is 0 Å². The highest BCUT2D eigenvalue weighted by Crippen LogP contribution is 2.19. The molecule has 0 radical (unpaired) electrons. The van der Waals surface area contributed by atoms with Gasteiger partial charge in [0.15, 0.2) is 6.04 Å². The molecule has 1 heterocycles. The molecule has 0 bridgehead atoms. The first-order chi connectivity index (χ1) is 11.6. The van der Waals surface area contributed by atoms with Gasteiger partial charge in [-0.15, -0.1) is 10.2 Å². The molecule has 0 aliphatic rings. The Morgan fingerprint density at radius 3 is 2.32 bits per heavy atom. The van der Waals surface area contributed by atoms with E-state index in [2.05, 4.69) is 15.5 Å². The number of primary amides is 1. The van der Waals surface area contributed by atoms with Crippen LogP contribution in [0.4, 0.5) is 4.79 Å². The van der Waals surface area contributed by atoms with Gasteiger partial charge in [-0.3, -0.25) is 4.79 Å². The maximum Gasteiger partial charge on any atom is 0.328 e. The standard InChI is InChI=1S/C12H20N6O7/c1-4(20)8(14)10-18-17-9(25-10)5(2-7(13)21)15-12(24)16-6(3-19)11(22)23/h4-6,8,19-20H,2-3,14H2,1H3,(H2,13,21)(H,22,23)(H2,15,16,24)/t4?,5-,6-,8?/m0/s1. The van der Waals surface area contributed by atoms with E-state index in [1.807, 2.05) is 5.32 Å². The third-order valence-electron chi connectivity index (χ3n) is 3.06. The van der Waals surface area contributed by atoms with Crippen LogP contribution in [0.1, 0.15) is 37.2 Å². The van der Waals surface area contributed by atoms with Crippen molar-refractivity contribution in [1.82, 2.24) is 20.8 Å². The predicted octanol–water partition coefficient (Wildman–Crippen LogP) is -2.89. The number of carbonyl (C=O) groups excluding carboxylic acids is 2. The zero-order chi connectivity index (χ0) is 19.1. The molecule has 13 nitrogen and oxygen atoms in total. The number of carbonyl (C=O) groups is 3. The minimum atomic E-state index is -1.55. The lowest BCUT2D eigenvalue weighted by molar-refractivity contribution is -0.140. The lowest BCUT2D eigenvalue weighted by atomic mass is 10.2. The lowest BCUT2D eigenvalue weighted by Gasteiger charge is -2.17. The maximum absolute atomic E-state index is 11.8. The van der Waals surface area contributed by atoms with Crippen molar-refractivity contribution in [3.8, 4) is 0 Å². The first kappa shape index (κ1) is 20.3. The number of hydrogen-bond donors (Lipinski definition) is 7. The van der Waals surface area contributed by atoms with Crippen LogP contribution in [0.25, 0.3) is 0 Å². The molecule has 9 N–H and O–H groups in total. The summed E-state index contributed by atoms with van der Waals surface area (Å²) in [7, 11) is 0. The van der Waals surface area contributed by atoms with Crippen LogP contribution in [0.5, 0.6) is 0 Å². The van der Waals surface area contributed by atoms with Gasteiger partial charge in [-0.05, 0) is 6.92 Å². The van der Waals surface area contributed by atoms with Crippen molar-refractivity contribution >= 4 is 17.9 Å². The first-order valence-corrected chi connectivity index (χ1v) is 7.11. The summed E-state index contributed by atoms with van der Waals surface area (Å²) >= 11 is 0. The third-order valence-corrected chi connectivity index (χ3v) is 3.06. The zero-order valence-corrected chi connectivity index (χ0v) is 13.2. The molecule has 0 spiro atoms. The van der Waals surface area contributed by atoms with Gasteiger partial charge in [-0.2, -0.15) is 0 Å². The van der Waals surface area contributed by atoms with Gasteiger partial charge >= 0.3 is 12.0 Å². The minimum Gasteiger partial charge on any atom is -0.480 e. The number of nitrogens with zero attached hydrogens (tertiary/aromatic N) is 2. The smallest absolute Gasteiger partial charge is 0.328 e. The molecule has 1 aromatic rings. The lowest BCUT2D eigenvalue weighted by Crippen LogP contribution is -2.49. The zero-order valence-electron chi connectivity index (χ0n) is 13.2. The van der Waals surface area contributed by atoms with Crippen molar-refractivity contribution in [3.05, 3.63) is 11.8 Å². The molecule has 25 heavy (non-hydrogen) atoms. The number of nitrogens with two attached hydrogens (primary N) is 2. The fourth-order valence-corrected chi connectivity index (χ4v) is 1.67. The summed E-state index contributed by atoms with van der Waals surface area (Å²) in [5, 5.41) is 38.5. The van der Waals surface area contributed by atoms with E-state index < -0.39 is 55.2 Å². The number of aliphatic hydroxyl groups excluding tert-OH is 2. The molecule has 0 fully saturated rings. The number of carboxylic acids is 1. The molecule has 0 aliphatic heterocycles. The summed E-state index contributed by atoms with van der Waals surface area (Å²) < 4.78 is 5.23. The number of amides is 3. The first-order valence-electron chi connectivity index (χ1n) is 7.11. The van der Waals surface area contributed by atoms with Gasteiger partial charge in [0, 0.05) is 0 Å². The van der Waals surface area contributed by atoms with E-state index >= 15 is 0 Å². The fraction of sp³-hybridized carbons (Fsp3) is 0.583. The fourth-order valence-electron chi connectivity index (χ4n) is 1.67. The van der Waals surface area contributed by atoms with Crippen LogP contribution in [0, 0.1) is 0 Å². The number of rotatable bonds is 9. The molecule has 0 aliphatic carbocycles. The van der Waals surface area contributed by atoms with E-state index in [1.54, 1.807) is 0 Å². The number of aromatic nitrogens is 2. The van der Waals surface area contributed by atoms with Crippen LogP contribution in [0.2, 0.25) is 0 Å². The highest BCUT2D eigenvalue weighted by molar-refractivity contribution is 5.83. The van der Waals surface area contributed by atoms with E-state index in [0.717, 1.165) is 0 Å². The summed E-state index contributed by atoms with van der Waals surface area (Å²) in [6.07, 6.45) is -1.41. The van der Waals surface area contributed by atoms with Gasteiger partial charge in [-0.25, -0.2) is 9.59 Å². The average molecular weight is 360 g/mol. The van der Waals surface area contributed by atoms with Gasteiger partial charge in [0.2, 0.25) is 17.7 Å². The number of urea groups is 1. The molecule has 0 saturated heterocycles. The maximum atomic E-state index is 11.8. The van der Waals surface area contributed by atoms with Crippen LogP contribution in [-0.2, 0) is 9.59 Å². The van der Waals surface area contributed by atoms with E-state index in [1.165, 1.54) is 6.92 Å². The minimum absolute atomic E-state index is 0.125. The van der Waals surface area contributed by atoms with Gasteiger partial charge in [0.05, 0.1) is 19.1 Å². The van der Waals surface area contributed by atoms with Crippen molar-refractivity contribution in [2.24, 2.45) is 11.5 Å². The van der Waals surface area contributed by atoms with Crippen molar-refractivity contribution in [2.45, 2.75) is 37.6 Å². The number of aliphatic hydroxyl groups is 2. The number of nitrogens with one attached hydrogen (secondary N) is 2.